The topological polar surface area (TPSA) is 78.5 Å². The van der Waals surface area contributed by atoms with Gasteiger partial charge in [-0.05, 0) is 17.7 Å². The Kier molecular flexibility index (Phi) is 5.91. The van der Waals surface area contributed by atoms with E-state index < -0.39 is 0 Å². The van der Waals surface area contributed by atoms with Crippen LogP contribution in [0.4, 0.5) is 5.69 Å². The highest BCUT2D eigenvalue weighted by atomic mass is 32.2. The maximum atomic E-state index is 12.2. The number of hydrogen-bond acceptors (Lipinski definition) is 4. The van der Waals surface area contributed by atoms with E-state index in [1.54, 1.807) is 0 Å². The fourth-order valence-corrected chi connectivity index (χ4v) is 3.50. The van der Waals surface area contributed by atoms with Crippen molar-refractivity contribution in [2.45, 2.75) is 11.4 Å². The molecule has 134 valence electrons. The molecule has 0 aromatic heterocycles. The van der Waals surface area contributed by atoms with Crippen LogP contribution in [-0.2, 0) is 20.9 Å². The van der Waals surface area contributed by atoms with E-state index >= 15 is 0 Å². The number of amides is 3. The molecular formula is C19H19N3O3S. The third kappa shape index (κ3) is 4.64. The number of nitrogens with zero attached hydrogens (tertiary/aromatic N) is 1. The molecule has 3 rings (SSSR count). The highest BCUT2D eigenvalue weighted by Crippen LogP contribution is 2.34. The van der Waals surface area contributed by atoms with Crippen LogP contribution in [0.1, 0.15) is 5.56 Å². The zero-order valence-corrected chi connectivity index (χ0v) is 14.9. The number of rotatable bonds is 6. The summed E-state index contributed by atoms with van der Waals surface area (Å²) < 4.78 is 0. The summed E-state index contributed by atoms with van der Waals surface area (Å²) in [5, 5.41) is 5.31. The summed E-state index contributed by atoms with van der Waals surface area (Å²) in [6.45, 7) is 0.192. The average molecular weight is 369 g/mol. The van der Waals surface area contributed by atoms with Gasteiger partial charge < -0.3 is 15.5 Å². The Morgan fingerprint density at radius 3 is 2.50 bits per heavy atom. The van der Waals surface area contributed by atoms with E-state index in [0.29, 0.717) is 12.3 Å². The Hall–Kier alpha value is -2.80. The second-order valence-corrected chi connectivity index (χ2v) is 6.79. The Bertz CT molecular complexity index is 811. The molecule has 0 saturated carbocycles. The van der Waals surface area contributed by atoms with Gasteiger partial charge in [-0.3, -0.25) is 14.4 Å². The molecule has 0 aliphatic carbocycles. The second-order valence-electron chi connectivity index (χ2n) is 5.78. The summed E-state index contributed by atoms with van der Waals surface area (Å²) in [6.07, 6.45) is 0. The summed E-state index contributed by atoms with van der Waals surface area (Å²) in [5.74, 6) is -0.447. The smallest absolute Gasteiger partial charge is 0.240 e. The molecule has 1 heterocycles. The SMILES string of the molecule is O=C(CNC(=O)CN1C(=O)CSc2ccccc21)NCc1ccccc1. The van der Waals surface area contributed by atoms with E-state index in [9.17, 15) is 14.4 Å². The molecule has 0 fully saturated rings. The second kappa shape index (κ2) is 8.53. The first-order valence-corrected chi connectivity index (χ1v) is 9.21. The normalized spacial score (nSPS) is 13.1. The number of anilines is 1. The van der Waals surface area contributed by atoms with Gasteiger partial charge in [-0.15, -0.1) is 11.8 Å². The lowest BCUT2D eigenvalue weighted by molar-refractivity contribution is -0.126. The van der Waals surface area contributed by atoms with Gasteiger partial charge in [0.2, 0.25) is 17.7 Å². The van der Waals surface area contributed by atoms with Gasteiger partial charge in [-0.1, -0.05) is 42.5 Å². The van der Waals surface area contributed by atoms with Gasteiger partial charge in [0.15, 0.2) is 0 Å². The maximum Gasteiger partial charge on any atom is 0.240 e. The number of para-hydroxylation sites is 1. The van der Waals surface area contributed by atoms with Crippen LogP contribution in [0.15, 0.2) is 59.5 Å². The minimum absolute atomic E-state index is 0.0949. The van der Waals surface area contributed by atoms with E-state index in [-0.39, 0.29) is 30.8 Å². The van der Waals surface area contributed by atoms with Gasteiger partial charge in [0.05, 0.1) is 18.0 Å². The van der Waals surface area contributed by atoms with E-state index in [0.717, 1.165) is 16.1 Å². The quantitative estimate of drug-likeness (QED) is 0.810. The number of fused-ring (bicyclic) bond motifs is 1. The molecular weight excluding hydrogens is 350 g/mol. The monoisotopic (exact) mass is 369 g/mol. The molecule has 0 atom stereocenters. The molecule has 0 radical (unpaired) electrons. The lowest BCUT2D eigenvalue weighted by Gasteiger charge is -2.28. The van der Waals surface area contributed by atoms with Crippen LogP contribution < -0.4 is 15.5 Å². The number of benzene rings is 2. The Balaban J connectivity index is 1.48. The fourth-order valence-electron chi connectivity index (χ4n) is 2.56. The molecule has 0 saturated heterocycles. The molecule has 2 N–H and O–H groups in total. The van der Waals surface area contributed by atoms with Crippen LogP contribution >= 0.6 is 11.8 Å². The molecule has 1 aliphatic rings. The number of carbonyl (C=O) groups is 3. The van der Waals surface area contributed by atoms with Crippen LogP contribution in [-0.4, -0.2) is 36.6 Å². The summed E-state index contributed by atoms with van der Waals surface area (Å²) in [7, 11) is 0. The van der Waals surface area contributed by atoms with E-state index in [2.05, 4.69) is 10.6 Å². The van der Waals surface area contributed by atoms with Crippen LogP contribution in [0.25, 0.3) is 0 Å². The Labute approximate surface area is 156 Å². The van der Waals surface area contributed by atoms with E-state index in [1.165, 1.54) is 16.7 Å². The lowest BCUT2D eigenvalue weighted by Crippen LogP contribution is -2.45. The fraction of sp³-hybridized carbons (Fsp3) is 0.211. The van der Waals surface area contributed by atoms with Crippen LogP contribution in [0.5, 0.6) is 0 Å². The van der Waals surface area contributed by atoms with Crippen molar-refractivity contribution in [2.24, 2.45) is 0 Å². The number of thioether (sulfide) groups is 1. The number of hydrogen-bond donors (Lipinski definition) is 2. The molecule has 0 unspecified atom stereocenters. The largest absolute Gasteiger partial charge is 0.350 e. The minimum Gasteiger partial charge on any atom is -0.350 e. The predicted octanol–water partition coefficient (Wildman–Crippen LogP) is 1.56. The average Bonchev–Trinajstić information content (AvgIpc) is 2.68. The van der Waals surface area contributed by atoms with Crippen molar-refractivity contribution >= 4 is 35.2 Å². The molecule has 2 aromatic rings. The number of carbonyl (C=O) groups excluding carboxylic acids is 3. The third-order valence-electron chi connectivity index (χ3n) is 3.89. The summed E-state index contributed by atoms with van der Waals surface area (Å²) >= 11 is 1.46. The van der Waals surface area contributed by atoms with Crippen molar-refractivity contribution < 1.29 is 14.4 Å². The first kappa shape index (κ1) is 18.0. The van der Waals surface area contributed by atoms with Crippen molar-refractivity contribution in [1.29, 1.82) is 0 Å². The highest BCUT2D eigenvalue weighted by molar-refractivity contribution is 8.00. The van der Waals surface area contributed by atoms with Crippen LogP contribution in [0.2, 0.25) is 0 Å². The first-order chi connectivity index (χ1) is 12.6. The molecule has 3 amide bonds. The third-order valence-corrected chi connectivity index (χ3v) is 4.94. The summed E-state index contributed by atoms with van der Waals surface area (Å²) in [5.41, 5.74) is 1.72. The standard InChI is InChI=1S/C19H19N3O3S/c23-17(20-10-14-6-2-1-3-7-14)11-21-18(24)12-22-15-8-4-5-9-16(15)26-13-19(22)25/h1-9H,10-13H2,(H,20,23)(H,21,24). The van der Waals surface area contributed by atoms with Crippen molar-refractivity contribution in [3.8, 4) is 0 Å². The van der Waals surface area contributed by atoms with Gasteiger partial charge in [0.25, 0.3) is 0 Å². The van der Waals surface area contributed by atoms with Gasteiger partial charge in [-0.2, -0.15) is 0 Å². The van der Waals surface area contributed by atoms with Gasteiger partial charge >= 0.3 is 0 Å². The highest BCUT2D eigenvalue weighted by Gasteiger charge is 2.26. The van der Waals surface area contributed by atoms with Crippen LogP contribution in [0, 0.1) is 0 Å². The molecule has 2 aromatic carbocycles. The lowest BCUT2D eigenvalue weighted by atomic mass is 10.2. The maximum absolute atomic E-state index is 12.2. The van der Waals surface area contributed by atoms with Crippen molar-refractivity contribution in [3.63, 3.8) is 0 Å². The van der Waals surface area contributed by atoms with Gasteiger partial charge in [-0.25, -0.2) is 0 Å². The van der Waals surface area contributed by atoms with Crippen LogP contribution in [0.3, 0.4) is 0 Å². The van der Waals surface area contributed by atoms with Crippen molar-refractivity contribution in [2.75, 3.05) is 23.7 Å². The zero-order valence-electron chi connectivity index (χ0n) is 14.1. The van der Waals surface area contributed by atoms with Crippen molar-refractivity contribution in [1.82, 2.24) is 10.6 Å². The first-order valence-electron chi connectivity index (χ1n) is 8.23. The number of nitrogens with one attached hydrogen (secondary N) is 2. The molecule has 7 heteroatoms. The molecule has 26 heavy (non-hydrogen) atoms. The Morgan fingerprint density at radius 2 is 1.69 bits per heavy atom. The molecule has 1 aliphatic heterocycles. The van der Waals surface area contributed by atoms with E-state index in [4.69, 9.17) is 0 Å². The summed E-state index contributed by atoms with van der Waals surface area (Å²) in [4.78, 5) is 38.6. The molecule has 6 nitrogen and oxygen atoms in total. The molecule has 0 bridgehead atoms. The Morgan fingerprint density at radius 1 is 0.962 bits per heavy atom. The van der Waals surface area contributed by atoms with Gasteiger partial charge in [0, 0.05) is 11.4 Å². The summed E-state index contributed by atoms with van der Waals surface area (Å²) in [6, 6.07) is 17.0. The predicted molar refractivity (Wildman–Crippen MR) is 101 cm³/mol. The minimum atomic E-state index is -0.366. The van der Waals surface area contributed by atoms with Crippen molar-refractivity contribution in [3.05, 3.63) is 60.2 Å². The zero-order chi connectivity index (χ0) is 18.4. The van der Waals surface area contributed by atoms with Gasteiger partial charge in [0.1, 0.15) is 6.54 Å². The van der Waals surface area contributed by atoms with E-state index in [1.807, 2.05) is 54.6 Å². The molecule has 0 spiro atoms.